The van der Waals surface area contributed by atoms with E-state index < -0.39 is 32.2 Å². The Morgan fingerprint density at radius 1 is 1.04 bits per heavy atom. The van der Waals surface area contributed by atoms with Gasteiger partial charge in [0.2, 0.25) is 10.0 Å². The SMILES string of the molecule is Cn1ccnc1C(NS(=O)(=O)c1cn(C)c(=O)n(C)c1=O)c1ccccc1. The van der Waals surface area contributed by atoms with E-state index in [2.05, 4.69) is 9.71 Å². The van der Waals surface area contributed by atoms with Gasteiger partial charge in [0, 0.05) is 39.7 Å². The first kappa shape index (κ1) is 18.8. The molecule has 0 saturated carbocycles. The molecule has 0 amide bonds. The summed E-state index contributed by atoms with van der Waals surface area (Å²) in [6.07, 6.45) is 4.28. The normalized spacial score (nSPS) is 12.9. The molecule has 3 rings (SSSR count). The third-order valence-corrected chi connectivity index (χ3v) is 5.63. The van der Waals surface area contributed by atoms with E-state index in [0.717, 1.165) is 15.3 Å². The molecule has 1 unspecified atom stereocenters. The minimum atomic E-state index is -4.24. The molecule has 0 aliphatic rings. The van der Waals surface area contributed by atoms with Crippen LogP contribution >= 0.6 is 0 Å². The summed E-state index contributed by atoms with van der Waals surface area (Å²) in [5, 5.41) is 0. The van der Waals surface area contributed by atoms with E-state index in [1.54, 1.807) is 48.3 Å². The number of rotatable bonds is 5. The summed E-state index contributed by atoms with van der Waals surface area (Å²) in [6.45, 7) is 0. The average Bonchev–Trinajstić information content (AvgIpc) is 3.07. The molecule has 0 saturated heterocycles. The molecule has 0 bridgehead atoms. The number of aromatic nitrogens is 4. The summed E-state index contributed by atoms with van der Waals surface area (Å²) in [7, 11) is 0.125. The molecule has 10 heteroatoms. The molecule has 0 aliphatic carbocycles. The quantitative estimate of drug-likeness (QED) is 0.655. The van der Waals surface area contributed by atoms with Crippen molar-refractivity contribution in [2.45, 2.75) is 10.9 Å². The highest BCUT2D eigenvalue weighted by Gasteiger charge is 2.28. The molecule has 0 radical (unpaired) electrons. The molecular weight excluding hydrogens is 370 g/mol. The lowest BCUT2D eigenvalue weighted by molar-refractivity contribution is 0.554. The van der Waals surface area contributed by atoms with Crippen molar-refractivity contribution in [3.8, 4) is 0 Å². The van der Waals surface area contributed by atoms with Gasteiger partial charge in [-0.2, -0.15) is 4.72 Å². The summed E-state index contributed by atoms with van der Waals surface area (Å²) in [4.78, 5) is 27.9. The third kappa shape index (κ3) is 3.49. The van der Waals surface area contributed by atoms with E-state index in [1.807, 2.05) is 6.07 Å². The molecule has 3 aromatic rings. The van der Waals surface area contributed by atoms with Gasteiger partial charge in [-0.25, -0.2) is 18.2 Å². The third-order valence-electron chi connectivity index (χ3n) is 4.23. The highest BCUT2D eigenvalue weighted by atomic mass is 32.2. The maximum atomic E-state index is 13.0. The lowest BCUT2D eigenvalue weighted by Gasteiger charge is -2.19. The molecule has 2 aromatic heterocycles. The highest BCUT2D eigenvalue weighted by molar-refractivity contribution is 7.89. The standard InChI is InChI=1S/C17H19N5O4S/c1-20-10-9-18-15(20)14(12-7-5-4-6-8-12)19-27(25,26)13-11-21(2)17(24)22(3)16(13)23/h4-11,14,19H,1-3H3. The molecule has 9 nitrogen and oxygen atoms in total. The number of hydrogen-bond donors (Lipinski definition) is 1. The van der Waals surface area contributed by atoms with Crippen LogP contribution < -0.4 is 16.0 Å². The Morgan fingerprint density at radius 2 is 1.70 bits per heavy atom. The van der Waals surface area contributed by atoms with Crippen molar-refractivity contribution in [1.29, 1.82) is 0 Å². The molecule has 0 aliphatic heterocycles. The Hall–Kier alpha value is -2.98. The van der Waals surface area contributed by atoms with Gasteiger partial charge in [0.25, 0.3) is 5.56 Å². The van der Waals surface area contributed by atoms with Gasteiger partial charge in [-0.15, -0.1) is 0 Å². The molecule has 0 spiro atoms. The van der Waals surface area contributed by atoms with Crippen molar-refractivity contribution < 1.29 is 8.42 Å². The summed E-state index contributed by atoms with van der Waals surface area (Å²) in [6, 6.07) is 8.10. The van der Waals surface area contributed by atoms with Crippen molar-refractivity contribution in [3.05, 3.63) is 81.1 Å². The first-order chi connectivity index (χ1) is 12.7. The van der Waals surface area contributed by atoms with Gasteiger partial charge in [-0.05, 0) is 5.56 Å². The van der Waals surface area contributed by atoms with Crippen LogP contribution in [0.15, 0.2) is 63.4 Å². The maximum absolute atomic E-state index is 13.0. The van der Waals surface area contributed by atoms with Crippen LogP contribution in [-0.4, -0.2) is 27.1 Å². The minimum absolute atomic E-state index is 0.464. The van der Waals surface area contributed by atoms with Gasteiger partial charge >= 0.3 is 5.69 Å². The van der Waals surface area contributed by atoms with Gasteiger partial charge in [0.1, 0.15) is 11.9 Å². The highest BCUT2D eigenvalue weighted by Crippen LogP contribution is 2.22. The van der Waals surface area contributed by atoms with Gasteiger partial charge in [-0.3, -0.25) is 9.36 Å². The van der Waals surface area contributed by atoms with Crippen molar-refractivity contribution in [2.24, 2.45) is 21.1 Å². The Morgan fingerprint density at radius 3 is 2.30 bits per heavy atom. The largest absolute Gasteiger partial charge is 0.336 e. The number of aryl methyl sites for hydroxylation is 2. The second-order valence-corrected chi connectivity index (χ2v) is 7.79. The Bertz CT molecular complexity index is 1190. The van der Waals surface area contributed by atoms with Crippen LogP contribution in [0.5, 0.6) is 0 Å². The lowest BCUT2D eigenvalue weighted by atomic mass is 10.1. The number of hydrogen-bond acceptors (Lipinski definition) is 5. The van der Waals surface area contributed by atoms with Crippen LogP contribution in [0.4, 0.5) is 0 Å². The Labute approximate surface area is 155 Å². The number of sulfonamides is 1. The second-order valence-electron chi connectivity index (χ2n) is 6.11. The number of imidazole rings is 1. The van der Waals surface area contributed by atoms with E-state index >= 15 is 0 Å². The molecule has 2 heterocycles. The summed E-state index contributed by atoms with van der Waals surface area (Å²) >= 11 is 0. The van der Waals surface area contributed by atoms with Crippen molar-refractivity contribution in [3.63, 3.8) is 0 Å². The second kappa shape index (κ2) is 6.97. The van der Waals surface area contributed by atoms with Crippen LogP contribution in [0.2, 0.25) is 0 Å². The number of nitrogens with zero attached hydrogens (tertiary/aromatic N) is 4. The molecular formula is C17H19N5O4S. The molecule has 1 atom stereocenters. The summed E-state index contributed by atoms with van der Waals surface area (Å²) < 4.78 is 32.0. The number of benzene rings is 1. The zero-order valence-corrected chi connectivity index (χ0v) is 15.8. The van der Waals surface area contributed by atoms with Gasteiger partial charge < -0.3 is 9.13 Å². The zero-order chi connectivity index (χ0) is 19.8. The van der Waals surface area contributed by atoms with Crippen molar-refractivity contribution in [2.75, 3.05) is 0 Å². The van der Waals surface area contributed by atoms with Crippen LogP contribution in [0.3, 0.4) is 0 Å². The lowest BCUT2D eigenvalue weighted by Crippen LogP contribution is -2.42. The molecule has 1 N–H and O–H groups in total. The minimum Gasteiger partial charge on any atom is -0.336 e. The fourth-order valence-corrected chi connectivity index (χ4v) is 4.09. The van der Waals surface area contributed by atoms with Crippen LogP contribution in [0, 0.1) is 0 Å². The predicted molar refractivity (Wildman–Crippen MR) is 98.7 cm³/mol. The van der Waals surface area contributed by atoms with E-state index in [0.29, 0.717) is 11.4 Å². The fraction of sp³-hybridized carbons (Fsp3) is 0.235. The number of nitrogens with one attached hydrogen (secondary N) is 1. The first-order valence-electron chi connectivity index (χ1n) is 8.03. The average molecular weight is 389 g/mol. The van der Waals surface area contributed by atoms with E-state index in [4.69, 9.17) is 0 Å². The monoisotopic (exact) mass is 389 g/mol. The van der Waals surface area contributed by atoms with Crippen LogP contribution in [-0.2, 0) is 31.2 Å². The van der Waals surface area contributed by atoms with Crippen LogP contribution in [0.25, 0.3) is 0 Å². The fourth-order valence-electron chi connectivity index (χ4n) is 2.75. The van der Waals surface area contributed by atoms with Crippen molar-refractivity contribution in [1.82, 2.24) is 23.4 Å². The van der Waals surface area contributed by atoms with Gasteiger partial charge in [0.05, 0.1) is 0 Å². The molecule has 1 aromatic carbocycles. The predicted octanol–water partition coefficient (Wildman–Crippen LogP) is -0.115. The molecule has 142 valence electrons. The van der Waals surface area contributed by atoms with E-state index in [-0.39, 0.29) is 0 Å². The zero-order valence-electron chi connectivity index (χ0n) is 15.0. The van der Waals surface area contributed by atoms with E-state index in [9.17, 15) is 18.0 Å². The topological polar surface area (TPSA) is 108 Å². The van der Waals surface area contributed by atoms with Crippen LogP contribution in [0.1, 0.15) is 17.4 Å². The Balaban J connectivity index is 2.13. The van der Waals surface area contributed by atoms with Gasteiger partial charge in [-0.1, -0.05) is 30.3 Å². The first-order valence-corrected chi connectivity index (χ1v) is 9.52. The molecule has 0 fully saturated rings. The van der Waals surface area contributed by atoms with Crippen molar-refractivity contribution >= 4 is 10.0 Å². The summed E-state index contributed by atoms with van der Waals surface area (Å²) in [5.41, 5.74) is -0.836. The van der Waals surface area contributed by atoms with E-state index in [1.165, 1.54) is 14.1 Å². The van der Waals surface area contributed by atoms with Gasteiger partial charge in [0.15, 0.2) is 4.90 Å². The summed E-state index contributed by atoms with van der Waals surface area (Å²) in [5.74, 6) is 0.464. The molecule has 27 heavy (non-hydrogen) atoms. The smallest absolute Gasteiger partial charge is 0.330 e. The maximum Gasteiger partial charge on any atom is 0.330 e. The Kier molecular flexibility index (Phi) is 4.85.